The molecular formula is C53H91NO3. The number of nitrogens with one attached hydrogen (secondary N) is 1. The van der Waals surface area contributed by atoms with Crippen molar-refractivity contribution in [1.82, 2.24) is 5.32 Å². The second-order valence-corrected chi connectivity index (χ2v) is 15.7. The van der Waals surface area contributed by atoms with Gasteiger partial charge in [-0.25, -0.2) is 0 Å². The van der Waals surface area contributed by atoms with Crippen LogP contribution in [-0.2, 0) is 4.79 Å². The van der Waals surface area contributed by atoms with Gasteiger partial charge in [0.2, 0.25) is 5.91 Å². The van der Waals surface area contributed by atoms with Crippen molar-refractivity contribution in [2.24, 2.45) is 0 Å². The monoisotopic (exact) mass is 790 g/mol. The fourth-order valence-corrected chi connectivity index (χ4v) is 6.71. The standard InChI is InChI=1S/C53H91NO3/c1-3-5-7-9-11-13-15-16-17-18-19-20-21-22-23-24-25-26-27-28-29-30-31-32-33-34-35-36-37-38-39-41-43-45-47-49-53(57)54-51(50-55)52(56)48-46-44-42-40-14-12-10-8-6-4-2/h5-8,11,13-14,16-17,19-20,22-23,40,46,48,51-52,55-56H,3-4,9-10,12,15,18,21,24-39,41-45,47,49-50H2,1-2H3,(H,54,57)/b7-5-,8-6+,13-11-,17-16-,20-19-,23-22-,40-14+,48-46+. The molecule has 0 rings (SSSR count). The quantitative estimate of drug-likeness (QED) is 0.0426. The van der Waals surface area contributed by atoms with Crippen molar-refractivity contribution in [3.8, 4) is 0 Å². The van der Waals surface area contributed by atoms with Gasteiger partial charge in [0, 0.05) is 6.42 Å². The summed E-state index contributed by atoms with van der Waals surface area (Å²) in [5.41, 5.74) is 0. The molecule has 0 spiro atoms. The van der Waals surface area contributed by atoms with Crippen molar-refractivity contribution in [3.63, 3.8) is 0 Å². The lowest BCUT2D eigenvalue weighted by Gasteiger charge is -2.19. The smallest absolute Gasteiger partial charge is 0.220 e. The summed E-state index contributed by atoms with van der Waals surface area (Å²) >= 11 is 0. The minimum atomic E-state index is -0.871. The van der Waals surface area contributed by atoms with Crippen LogP contribution >= 0.6 is 0 Å². The number of aliphatic hydroxyl groups is 2. The first-order chi connectivity index (χ1) is 28.2. The SMILES string of the molecule is CC/C=C\C/C=C\C/C=C\C/C=C\C/C=C\CCCCCCCCCCCCCCCCCCCCCC(=O)NC(CO)C(O)/C=C/CC/C=C/CC/C=C/CC. The van der Waals surface area contributed by atoms with Crippen molar-refractivity contribution in [1.29, 1.82) is 0 Å². The van der Waals surface area contributed by atoms with Crippen LogP contribution in [0.5, 0.6) is 0 Å². The molecule has 0 bridgehead atoms. The molecule has 1 amide bonds. The molecule has 326 valence electrons. The number of allylic oxidation sites excluding steroid dienone is 15. The van der Waals surface area contributed by atoms with Gasteiger partial charge in [-0.15, -0.1) is 0 Å². The molecule has 2 atom stereocenters. The molecule has 0 aromatic carbocycles. The normalized spacial score (nSPS) is 13.8. The van der Waals surface area contributed by atoms with Gasteiger partial charge in [-0.1, -0.05) is 220 Å². The van der Waals surface area contributed by atoms with Crippen LogP contribution < -0.4 is 5.32 Å². The molecular weight excluding hydrogens is 699 g/mol. The molecule has 0 saturated heterocycles. The van der Waals surface area contributed by atoms with Crippen molar-refractivity contribution in [2.75, 3.05) is 6.61 Å². The highest BCUT2D eigenvalue weighted by Gasteiger charge is 2.17. The van der Waals surface area contributed by atoms with Crippen LogP contribution in [-0.4, -0.2) is 34.9 Å². The van der Waals surface area contributed by atoms with E-state index in [9.17, 15) is 15.0 Å². The van der Waals surface area contributed by atoms with Crippen LogP contribution in [0, 0.1) is 0 Å². The number of carbonyl (C=O) groups excluding carboxylic acids is 1. The van der Waals surface area contributed by atoms with E-state index in [0.29, 0.717) is 6.42 Å². The lowest BCUT2D eigenvalue weighted by atomic mass is 10.0. The minimum Gasteiger partial charge on any atom is -0.394 e. The Labute approximate surface area is 353 Å². The maximum atomic E-state index is 12.4. The molecule has 2 unspecified atom stereocenters. The van der Waals surface area contributed by atoms with Gasteiger partial charge >= 0.3 is 0 Å². The fraction of sp³-hybridized carbons (Fsp3) is 0.679. The van der Waals surface area contributed by atoms with Crippen LogP contribution in [0.1, 0.15) is 213 Å². The van der Waals surface area contributed by atoms with Gasteiger partial charge in [-0.05, 0) is 83.5 Å². The van der Waals surface area contributed by atoms with E-state index in [0.717, 1.165) is 77.0 Å². The lowest BCUT2D eigenvalue weighted by Crippen LogP contribution is -2.45. The summed E-state index contributed by atoms with van der Waals surface area (Å²) in [5.74, 6) is -0.0824. The average Bonchev–Trinajstić information content (AvgIpc) is 3.22. The first-order valence-electron chi connectivity index (χ1n) is 24.0. The molecule has 0 saturated carbocycles. The zero-order chi connectivity index (χ0) is 41.4. The van der Waals surface area contributed by atoms with E-state index in [4.69, 9.17) is 0 Å². The van der Waals surface area contributed by atoms with Crippen LogP contribution in [0.15, 0.2) is 97.2 Å². The van der Waals surface area contributed by atoms with E-state index in [1.807, 2.05) is 6.08 Å². The summed E-state index contributed by atoms with van der Waals surface area (Å²) in [6.45, 7) is 4.05. The largest absolute Gasteiger partial charge is 0.394 e. The van der Waals surface area contributed by atoms with Crippen molar-refractivity contribution < 1.29 is 15.0 Å². The maximum absolute atomic E-state index is 12.4. The summed E-state index contributed by atoms with van der Waals surface area (Å²) in [4.78, 5) is 12.4. The molecule has 4 nitrogen and oxygen atoms in total. The number of aliphatic hydroxyl groups excluding tert-OH is 2. The molecule has 0 fully saturated rings. The zero-order valence-electron chi connectivity index (χ0n) is 37.3. The fourth-order valence-electron chi connectivity index (χ4n) is 6.71. The van der Waals surface area contributed by atoms with Gasteiger partial charge in [0.1, 0.15) is 0 Å². The summed E-state index contributed by atoms with van der Waals surface area (Å²) in [6.07, 6.45) is 71.3. The van der Waals surface area contributed by atoms with Gasteiger partial charge < -0.3 is 15.5 Å². The second kappa shape index (κ2) is 47.7. The molecule has 0 aliphatic rings. The zero-order valence-corrected chi connectivity index (χ0v) is 37.3. The third kappa shape index (κ3) is 44.3. The van der Waals surface area contributed by atoms with Gasteiger partial charge in [-0.3, -0.25) is 4.79 Å². The summed E-state index contributed by atoms with van der Waals surface area (Å²) in [6, 6.07) is -0.646. The van der Waals surface area contributed by atoms with Gasteiger partial charge in [0.05, 0.1) is 18.8 Å². The van der Waals surface area contributed by atoms with Crippen LogP contribution in [0.3, 0.4) is 0 Å². The predicted molar refractivity (Wildman–Crippen MR) is 253 cm³/mol. The Bertz CT molecular complexity index is 1080. The second-order valence-electron chi connectivity index (χ2n) is 15.7. The molecule has 0 heterocycles. The van der Waals surface area contributed by atoms with E-state index >= 15 is 0 Å². The Morgan fingerprint density at radius 2 is 0.737 bits per heavy atom. The third-order valence-electron chi connectivity index (χ3n) is 10.3. The molecule has 0 aliphatic carbocycles. The molecule has 57 heavy (non-hydrogen) atoms. The summed E-state index contributed by atoms with van der Waals surface area (Å²) < 4.78 is 0. The molecule has 4 heteroatoms. The molecule has 0 aliphatic heterocycles. The highest BCUT2D eigenvalue weighted by molar-refractivity contribution is 5.76. The number of amides is 1. The van der Waals surface area contributed by atoms with Gasteiger partial charge in [0.25, 0.3) is 0 Å². The molecule has 0 aromatic rings. The Kier molecular flexibility index (Phi) is 45.4. The van der Waals surface area contributed by atoms with Crippen LogP contribution in [0.25, 0.3) is 0 Å². The molecule has 3 N–H and O–H groups in total. The van der Waals surface area contributed by atoms with E-state index < -0.39 is 12.1 Å². The minimum absolute atomic E-state index is 0.0824. The van der Waals surface area contributed by atoms with E-state index in [2.05, 4.69) is 104 Å². The third-order valence-corrected chi connectivity index (χ3v) is 10.3. The van der Waals surface area contributed by atoms with Crippen molar-refractivity contribution in [3.05, 3.63) is 97.2 Å². The number of hydrogen-bond donors (Lipinski definition) is 3. The average molecular weight is 790 g/mol. The summed E-state index contributed by atoms with van der Waals surface area (Å²) in [5, 5.41) is 22.9. The number of hydrogen-bond acceptors (Lipinski definition) is 3. The van der Waals surface area contributed by atoms with Crippen LogP contribution in [0.2, 0.25) is 0 Å². The Balaban J connectivity index is 3.47. The summed E-state index contributed by atoms with van der Waals surface area (Å²) in [7, 11) is 0. The lowest BCUT2D eigenvalue weighted by molar-refractivity contribution is -0.123. The highest BCUT2D eigenvalue weighted by atomic mass is 16.3. The number of unbranched alkanes of at least 4 members (excludes halogenated alkanes) is 21. The van der Waals surface area contributed by atoms with Crippen LogP contribution in [0.4, 0.5) is 0 Å². The van der Waals surface area contributed by atoms with E-state index in [1.54, 1.807) is 6.08 Å². The predicted octanol–water partition coefficient (Wildman–Crippen LogP) is 15.4. The van der Waals surface area contributed by atoms with Crippen molar-refractivity contribution in [2.45, 2.75) is 225 Å². The van der Waals surface area contributed by atoms with Crippen molar-refractivity contribution >= 4 is 5.91 Å². The van der Waals surface area contributed by atoms with Gasteiger partial charge in [0.15, 0.2) is 0 Å². The number of rotatable bonds is 42. The highest BCUT2D eigenvalue weighted by Crippen LogP contribution is 2.15. The first-order valence-corrected chi connectivity index (χ1v) is 24.0. The van der Waals surface area contributed by atoms with E-state index in [-0.39, 0.29) is 12.5 Å². The number of carbonyl (C=O) groups is 1. The van der Waals surface area contributed by atoms with E-state index in [1.165, 1.54) is 116 Å². The Morgan fingerprint density at radius 3 is 1.16 bits per heavy atom. The molecule has 0 aromatic heterocycles. The Morgan fingerprint density at radius 1 is 0.421 bits per heavy atom. The molecule has 0 radical (unpaired) electrons. The first kappa shape index (κ1) is 54.3. The topological polar surface area (TPSA) is 69.6 Å². The Hall–Kier alpha value is -2.69. The van der Waals surface area contributed by atoms with Gasteiger partial charge in [-0.2, -0.15) is 0 Å². The maximum Gasteiger partial charge on any atom is 0.220 e.